The Bertz CT molecular complexity index is 1170. The van der Waals surface area contributed by atoms with Crippen LogP contribution in [-0.2, 0) is 11.3 Å². The lowest BCUT2D eigenvalue weighted by atomic mass is 10.1. The van der Waals surface area contributed by atoms with Crippen molar-refractivity contribution in [2.75, 3.05) is 13.1 Å². The van der Waals surface area contributed by atoms with Crippen LogP contribution in [0.25, 0.3) is 0 Å². The lowest BCUT2D eigenvalue weighted by Crippen LogP contribution is -2.45. The van der Waals surface area contributed by atoms with E-state index in [9.17, 15) is 33.1 Å². The van der Waals surface area contributed by atoms with E-state index in [1.165, 1.54) is 16.4 Å². The Kier molecular flexibility index (Phi) is 5.08. The molecule has 10 heteroatoms. The number of hydrogen-bond donors (Lipinski definition) is 2. The monoisotopic (exact) mass is 431 g/mol. The second-order valence-electron chi connectivity index (χ2n) is 7.78. The molecule has 1 fully saturated rings. The number of hydrogen-bond acceptors (Lipinski definition) is 5. The number of carbonyl (C=O) groups excluding carboxylic acids is 3. The summed E-state index contributed by atoms with van der Waals surface area (Å²) in [5.41, 5.74) is -1.81. The Balaban J connectivity index is 1.67. The minimum Gasteiger partial charge on any atom is -0.503 e. The van der Waals surface area contributed by atoms with Gasteiger partial charge in [-0.05, 0) is 31.0 Å². The molecule has 1 aromatic carbocycles. The van der Waals surface area contributed by atoms with Crippen molar-refractivity contribution in [3.05, 3.63) is 62.6 Å². The van der Waals surface area contributed by atoms with Crippen LogP contribution in [0.5, 0.6) is 5.75 Å². The number of pyridine rings is 1. The Morgan fingerprint density at radius 1 is 1.23 bits per heavy atom. The van der Waals surface area contributed by atoms with Crippen molar-refractivity contribution in [1.29, 1.82) is 0 Å². The van der Waals surface area contributed by atoms with Gasteiger partial charge in [-0.2, -0.15) is 0 Å². The van der Waals surface area contributed by atoms with E-state index in [-0.39, 0.29) is 36.6 Å². The second kappa shape index (κ2) is 7.60. The maximum atomic E-state index is 14.0. The molecule has 0 unspecified atom stereocenters. The van der Waals surface area contributed by atoms with Gasteiger partial charge in [0, 0.05) is 31.3 Å². The maximum absolute atomic E-state index is 14.0. The third kappa shape index (κ3) is 3.58. The molecule has 3 heterocycles. The number of amides is 2. The normalized spacial score (nSPS) is 17.9. The molecule has 0 radical (unpaired) electrons. The molecule has 31 heavy (non-hydrogen) atoms. The quantitative estimate of drug-likeness (QED) is 0.764. The third-order valence-corrected chi connectivity index (χ3v) is 5.60. The highest BCUT2D eigenvalue weighted by Gasteiger charge is 2.38. The first-order valence-corrected chi connectivity index (χ1v) is 9.69. The van der Waals surface area contributed by atoms with Crippen molar-refractivity contribution in [3.63, 3.8) is 0 Å². The molecular formula is C21H19F2N3O5. The fourth-order valence-corrected chi connectivity index (χ4v) is 4.00. The van der Waals surface area contributed by atoms with Gasteiger partial charge in [0.2, 0.25) is 5.43 Å². The van der Waals surface area contributed by atoms with Gasteiger partial charge >= 0.3 is 0 Å². The maximum Gasteiger partial charge on any atom is 0.274 e. The van der Waals surface area contributed by atoms with E-state index >= 15 is 0 Å². The number of nitrogens with one attached hydrogen (secondary N) is 1. The molecule has 1 saturated heterocycles. The van der Waals surface area contributed by atoms with Gasteiger partial charge in [-0.15, -0.1) is 0 Å². The third-order valence-electron chi connectivity index (χ3n) is 5.60. The predicted octanol–water partition coefficient (Wildman–Crippen LogP) is 1.43. The number of carbonyl (C=O) groups is 3. The van der Waals surface area contributed by atoms with Crippen molar-refractivity contribution in [3.8, 4) is 5.75 Å². The number of aromatic hydroxyl groups is 1. The van der Waals surface area contributed by atoms with E-state index in [1.54, 1.807) is 0 Å². The molecule has 8 nitrogen and oxygen atoms in total. The lowest BCUT2D eigenvalue weighted by molar-refractivity contribution is -0.119. The molecule has 2 aromatic rings. The number of halogens is 2. The molecule has 2 N–H and O–H groups in total. The molecule has 0 saturated carbocycles. The van der Waals surface area contributed by atoms with E-state index < -0.39 is 52.8 Å². The zero-order valence-corrected chi connectivity index (χ0v) is 16.6. The van der Waals surface area contributed by atoms with Crippen LogP contribution in [0.4, 0.5) is 8.78 Å². The summed E-state index contributed by atoms with van der Waals surface area (Å²) in [6.45, 7) is 1.12. The van der Waals surface area contributed by atoms with Crippen molar-refractivity contribution in [1.82, 2.24) is 14.8 Å². The van der Waals surface area contributed by atoms with Crippen LogP contribution in [0.1, 0.15) is 50.9 Å². The largest absolute Gasteiger partial charge is 0.503 e. The van der Waals surface area contributed by atoms with Gasteiger partial charge in [-0.3, -0.25) is 19.2 Å². The van der Waals surface area contributed by atoms with E-state index in [1.807, 2.05) is 0 Å². The van der Waals surface area contributed by atoms with Gasteiger partial charge in [-0.25, -0.2) is 8.78 Å². The highest BCUT2D eigenvalue weighted by molar-refractivity contribution is 6.00. The molecule has 2 aliphatic rings. The van der Waals surface area contributed by atoms with Crippen LogP contribution in [0.3, 0.4) is 0 Å². The summed E-state index contributed by atoms with van der Waals surface area (Å²) >= 11 is 0. The Morgan fingerprint density at radius 3 is 2.58 bits per heavy atom. The van der Waals surface area contributed by atoms with Crippen LogP contribution in [0.2, 0.25) is 0 Å². The standard InChI is InChI=1S/C21H19F2N3O5/c1-10-4-15(22)13(16(23)5-10)6-24-20(30)14-9-26-11-2-3-12(27)8-25(7-11)21(31)17(26)19(29)18(14)28/h4-5,9,11,29H,2-3,6-8H2,1H3,(H,24,30)/t11-/m0/s1. The van der Waals surface area contributed by atoms with Gasteiger partial charge < -0.3 is 19.9 Å². The highest BCUT2D eigenvalue weighted by Crippen LogP contribution is 2.31. The number of ketones is 1. The molecule has 2 amide bonds. The van der Waals surface area contributed by atoms with Crippen molar-refractivity contribution >= 4 is 17.6 Å². The average molecular weight is 431 g/mol. The van der Waals surface area contributed by atoms with E-state index in [0.717, 1.165) is 18.3 Å². The van der Waals surface area contributed by atoms with Gasteiger partial charge in [0.15, 0.2) is 17.2 Å². The van der Waals surface area contributed by atoms with Crippen LogP contribution >= 0.6 is 0 Å². The van der Waals surface area contributed by atoms with Gasteiger partial charge in [0.1, 0.15) is 17.2 Å². The molecule has 4 rings (SSSR count). The molecule has 1 atom stereocenters. The van der Waals surface area contributed by atoms with Gasteiger partial charge in [0.05, 0.1) is 12.6 Å². The Hall–Kier alpha value is -3.56. The number of benzene rings is 1. The van der Waals surface area contributed by atoms with Crippen LogP contribution in [0, 0.1) is 18.6 Å². The fourth-order valence-electron chi connectivity index (χ4n) is 4.00. The first-order valence-electron chi connectivity index (χ1n) is 9.69. The molecular weight excluding hydrogens is 412 g/mol. The summed E-state index contributed by atoms with van der Waals surface area (Å²) in [6.07, 6.45) is 1.75. The van der Waals surface area contributed by atoms with E-state index in [2.05, 4.69) is 5.32 Å². The minimum absolute atomic E-state index is 0.0983. The Morgan fingerprint density at radius 2 is 1.90 bits per heavy atom. The predicted molar refractivity (Wildman–Crippen MR) is 104 cm³/mol. The second-order valence-corrected chi connectivity index (χ2v) is 7.78. The molecule has 2 bridgehead atoms. The van der Waals surface area contributed by atoms with Crippen LogP contribution in [-0.4, -0.2) is 45.3 Å². The van der Waals surface area contributed by atoms with Crippen molar-refractivity contribution < 1.29 is 28.3 Å². The first kappa shape index (κ1) is 20.7. The van der Waals surface area contributed by atoms with E-state index in [0.29, 0.717) is 12.0 Å². The molecule has 1 aromatic heterocycles. The number of fused-ring (bicyclic) bond motifs is 4. The van der Waals surface area contributed by atoms with Crippen molar-refractivity contribution in [2.24, 2.45) is 0 Å². The highest BCUT2D eigenvalue weighted by atomic mass is 19.1. The summed E-state index contributed by atoms with van der Waals surface area (Å²) in [5, 5.41) is 12.7. The SMILES string of the molecule is Cc1cc(F)c(CNC(=O)c2cn3c(c(O)c2=O)C(=O)N2CC(=O)CC[C@H]3C2)c(F)c1. The van der Waals surface area contributed by atoms with Crippen LogP contribution in [0.15, 0.2) is 23.1 Å². The van der Waals surface area contributed by atoms with Crippen molar-refractivity contribution in [2.45, 2.75) is 32.4 Å². The Labute approximate surface area is 175 Å². The fraction of sp³-hybridized carbons (Fsp3) is 0.333. The zero-order chi connectivity index (χ0) is 22.4. The smallest absolute Gasteiger partial charge is 0.274 e. The summed E-state index contributed by atoms with van der Waals surface area (Å²) in [6, 6.07) is 1.84. The van der Waals surface area contributed by atoms with Gasteiger partial charge in [-0.1, -0.05) is 0 Å². The van der Waals surface area contributed by atoms with E-state index in [4.69, 9.17) is 0 Å². The number of aromatic nitrogens is 1. The number of aryl methyl sites for hydroxylation is 1. The molecule has 2 aliphatic heterocycles. The lowest BCUT2D eigenvalue weighted by Gasteiger charge is -2.34. The minimum atomic E-state index is -1.08. The summed E-state index contributed by atoms with van der Waals surface area (Å²) in [7, 11) is 0. The van der Waals surface area contributed by atoms with Crippen LogP contribution < -0.4 is 10.7 Å². The zero-order valence-electron chi connectivity index (χ0n) is 16.6. The number of Topliss-reactive ketones (excluding diaryl/α,β-unsaturated/α-hetero) is 1. The first-order chi connectivity index (χ1) is 14.7. The molecule has 0 aliphatic carbocycles. The number of rotatable bonds is 3. The topological polar surface area (TPSA) is 109 Å². The summed E-state index contributed by atoms with van der Waals surface area (Å²) in [4.78, 5) is 51.0. The molecule has 0 spiro atoms. The van der Waals surface area contributed by atoms with Gasteiger partial charge in [0.25, 0.3) is 11.8 Å². The average Bonchev–Trinajstić information content (AvgIpc) is 2.87. The number of nitrogens with zero attached hydrogens (tertiary/aromatic N) is 2. The summed E-state index contributed by atoms with van der Waals surface area (Å²) in [5.74, 6) is -4.32. The summed E-state index contributed by atoms with van der Waals surface area (Å²) < 4.78 is 29.4. The molecule has 162 valence electrons.